The molecule has 0 spiro atoms. The van der Waals surface area contributed by atoms with Crippen LogP contribution in [0.2, 0.25) is 0 Å². The van der Waals surface area contributed by atoms with Crippen molar-refractivity contribution in [2.45, 2.75) is 70.8 Å². The van der Waals surface area contributed by atoms with Crippen molar-refractivity contribution >= 4 is 87.4 Å². The molecule has 0 fully saturated rings. The molecule has 0 unspecified atom stereocenters. The van der Waals surface area contributed by atoms with Crippen molar-refractivity contribution in [1.29, 1.82) is 0 Å². The van der Waals surface area contributed by atoms with Crippen LogP contribution in [-0.2, 0) is 91.7 Å². The molecule has 102 heavy (non-hydrogen) atoms. The Morgan fingerprint density at radius 1 is 0.471 bits per heavy atom. The maximum Gasteiger partial charge on any atom is 0.335 e. The zero-order chi connectivity index (χ0) is 73.8. The highest BCUT2D eigenvalue weighted by molar-refractivity contribution is 6.09. The van der Waals surface area contributed by atoms with E-state index < -0.39 is 47.3 Å². The highest BCUT2D eigenvalue weighted by atomic mass is 16.4. The summed E-state index contributed by atoms with van der Waals surface area (Å²) in [5.74, 6) is -4.97. The fraction of sp³-hybridized carbons (Fsp3) is 0.333. The van der Waals surface area contributed by atoms with E-state index in [9.17, 15) is 62.6 Å². The Morgan fingerprint density at radius 2 is 0.951 bits per heavy atom. The third-order valence-electron chi connectivity index (χ3n) is 17.2. The quantitative estimate of drug-likeness (QED) is 0.0192. The van der Waals surface area contributed by atoms with Gasteiger partial charge in [-0.2, -0.15) is 0 Å². The number of unbranched alkanes of at least 4 members (excludes halogenated alkanes) is 1. The van der Waals surface area contributed by atoms with Gasteiger partial charge in [0.1, 0.15) is 17.1 Å². The highest BCUT2D eigenvalue weighted by Gasteiger charge is 2.27. The number of carboxylic acid groups (broad SMARTS) is 1. The highest BCUT2D eigenvalue weighted by Crippen LogP contribution is 2.23. The fourth-order valence-electron chi connectivity index (χ4n) is 12.1. The summed E-state index contributed by atoms with van der Waals surface area (Å²) >= 11 is 0. The molecule has 30 nitrogen and oxygen atoms in total. The summed E-state index contributed by atoms with van der Waals surface area (Å²) < 4.78 is 12.7. The summed E-state index contributed by atoms with van der Waals surface area (Å²) in [6, 6.07) is 14.4. The van der Waals surface area contributed by atoms with E-state index in [1.165, 1.54) is 69.4 Å². The molecule has 0 saturated carbocycles. The van der Waals surface area contributed by atoms with Crippen molar-refractivity contribution in [3.63, 3.8) is 0 Å². The lowest BCUT2D eigenvalue weighted by Crippen LogP contribution is -2.43. The average Bonchev–Trinajstić information content (AvgIpc) is 1.68. The molecular weight excluding hydrogens is 1310 g/mol. The van der Waals surface area contributed by atoms with Crippen LogP contribution in [0.5, 0.6) is 0 Å². The molecular formula is C72H83N17O13. The van der Waals surface area contributed by atoms with E-state index >= 15 is 0 Å². The number of carbonyl (C=O) groups is 12. The number of hydrogen-bond donors (Lipinski definition) is 7. The Morgan fingerprint density at radius 3 is 1.47 bits per heavy atom. The van der Waals surface area contributed by atoms with Crippen LogP contribution < -0.4 is 31.9 Å². The average molecular weight is 1390 g/mol. The zero-order valence-corrected chi connectivity index (χ0v) is 58.5. The Labute approximate surface area is 587 Å². The molecule has 0 radical (unpaired) electrons. The number of imidazole rings is 2. The molecule has 0 saturated heterocycles. The van der Waals surface area contributed by atoms with Crippen LogP contribution in [0.4, 0.5) is 17.1 Å². The van der Waals surface area contributed by atoms with Crippen LogP contribution in [0.3, 0.4) is 0 Å². The van der Waals surface area contributed by atoms with Gasteiger partial charge in [-0.15, -0.1) is 0 Å². The van der Waals surface area contributed by atoms with Gasteiger partial charge in [0, 0.05) is 163 Å². The molecule has 6 amide bonds. The van der Waals surface area contributed by atoms with Crippen LogP contribution >= 0.6 is 0 Å². The van der Waals surface area contributed by atoms with Gasteiger partial charge in [0.15, 0.2) is 34.8 Å². The third kappa shape index (κ3) is 18.8. The minimum atomic E-state index is -1.10. The number of aromatic nitrogens is 10. The number of anilines is 3. The van der Waals surface area contributed by atoms with Crippen molar-refractivity contribution in [2.24, 2.45) is 56.4 Å². The summed E-state index contributed by atoms with van der Waals surface area (Å²) in [5, 5.41) is 25.7. The Hall–Kier alpha value is -12.1. The first-order valence-corrected chi connectivity index (χ1v) is 32.9. The number of carboxylic acids is 1. The molecule has 1 aromatic carbocycles. The van der Waals surface area contributed by atoms with Crippen LogP contribution in [0.25, 0.3) is 0 Å². The van der Waals surface area contributed by atoms with E-state index in [1.807, 2.05) is 7.05 Å². The molecule has 8 aromatic heterocycles. The molecule has 8 heterocycles. The summed E-state index contributed by atoms with van der Waals surface area (Å²) in [6.45, 7) is 3.11. The molecule has 534 valence electrons. The second-order valence-electron chi connectivity index (χ2n) is 25.5. The molecule has 0 aliphatic heterocycles. The van der Waals surface area contributed by atoms with Crippen molar-refractivity contribution < 1.29 is 62.6 Å². The second-order valence-corrected chi connectivity index (χ2v) is 25.5. The van der Waals surface area contributed by atoms with Gasteiger partial charge in [-0.1, -0.05) is 6.07 Å². The Bertz CT molecular complexity index is 4730. The number of Topliss-reactive ketones (excluding diaryl/α,β-unsaturated/α-hetero) is 5. The molecule has 30 heteroatoms. The topological polar surface area (TPSA) is 366 Å². The lowest BCUT2D eigenvalue weighted by Gasteiger charge is -2.16. The van der Waals surface area contributed by atoms with Crippen molar-refractivity contribution in [3.8, 4) is 0 Å². The van der Waals surface area contributed by atoms with Gasteiger partial charge in [-0.3, -0.25) is 52.7 Å². The van der Waals surface area contributed by atoms with E-state index in [1.54, 1.807) is 147 Å². The standard InChI is InChI=1S/C72H83N17O13/c1-43(90)76-53(18-20-75-68(97)57-32-49(39-86(57)7)78-69(98)58-33-50(40-87(58)8)79-70(99)59-34-51(41-88(59)9)80-71(100)66-73-21-24-82(66)3)61(92)35-52-42-89(10)65(77-52)64(95)30-46-27-56(85(6)38-46)63(94)29-45-26-55(84(5)37-45)62(93)28-44-25-54(83(4)36-44)60(91)17-11-12-22-81(2)23-14-19-74-67(96)47-15-13-16-48(31-47)72(101)102/h13,15-16,21,24-27,31-34,36-42,53H,11-12,14,17-20,22-23,28-30,35H2,1-10H3,(H,74,96)(H,75,97)(H,76,90)(H,78,98)(H,79,99)(H,80,100)(H,101,102)/t53-/m1/s1. The van der Waals surface area contributed by atoms with Gasteiger partial charge in [0.2, 0.25) is 11.7 Å². The summed E-state index contributed by atoms with van der Waals surface area (Å²) in [6.07, 6.45) is 16.6. The van der Waals surface area contributed by atoms with E-state index in [-0.39, 0.29) is 113 Å². The maximum atomic E-state index is 13.8. The number of nitrogens with one attached hydrogen (secondary N) is 6. The van der Waals surface area contributed by atoms with E-state index in [4.69, 9.17) is 0 Å². The van der Waals surface area contributed by atoms with E-state index in [0.29, 0.717) is 83.2 Å². The van der Waals surface area contributed by atoms with Gasteiger partial charge in [0.25, 0.3) is 29.5 Å². The van der Waals surface area contributed by atoms with Gasteiger partial charge >= 0.3 is 5.97 Å². The first kappa shape index (κ1) is 74.2. The van der Waals surface area contributed by atoms with Gasteiger partial charge < -0.3 is 78.4 Å². The zero-order valence-electron chi connectivity index (χ0n) is 58.5. The molecule has 7 N–H and O–H groups in total. The lowest BCUT2D eigenvalue weighted by molar-refractivity contribution is -0.126. The normalized spacial score (nSPS) is 11.5. The van der Waals surface area contributed by atoms with Gasteiger partial charge in [-0.05, 0) is 117 Å². The lowest BCUT2D eigenvalue weighted by atomic mass is 10.0. The van der Waals surface area contributed by atoms with Gasteiger partial charge in [-0.25, -0.2) is 14.8 Å². The third-order valence-corrected chi connectivity index (χ3v) is 17.2. The van der Waals surface area contributed by atoms with Crippen LogP contribution in [0.15, 0.2) is 116 Å². The SMILES string of the molecule is CC(=O)N[C@H](CCNC(=O)c1cc(NC(=O)c2cc(NC(=O)c3cc(NC(=O)c4nccn4C)cn3C)cn2C)cn1C)C(=O)Cc1cn(C)c(C(=O)Cc2cc(C(=O)Cc3cc(C(=O)Cc4cc(C(=O)CCCCN(C)CCCNC(=O)c5cccc(C(=O)O)c5)n(C)c4)n(C)c3)n(C)c2)n1. The first-order chi connectivity index (χ1) is 48.5. The molecule has 0 bridgehead atoms. The van der Waals surface area contributed by atoms with Gasteiger partial charge in [0.05, 0.1) is 57.9 Å². The number of amides is 6. The Balaban J connectivity index is 0.697. The minimum Gasteiger partial charge on any atom is -0.478 e. The summed E-state index contributed by atoms with van der Waals surface area (Å²) in [5.41, 5.74) is 5.23. The largest absolute Gasteiger partial charge is 0.478 e. The molecule has 1 atom stereocenters. The number of aryl methyl sites for hydroxylation is 8. The number of ketones is 5. The number of carbonyl (C=O) groups excluding carboxylic acids is 11. The molecule has 9 aromatic rings. The fourth-order valence-corrected chi connectivity index (χ4v) is 12.1. The van der Waals surface area contributed by atoms with Crippen molar-refractivity contribution in [2.75, 3.05) is 49.2 Å². The smallest absolute Gasteiger partial charge is 0.335 e. The number of benzene rings is 1. The van der Waals surface area contributed by atoms with Crippen LogP contribution in [0, 0.1) is 0 Å². The summed E-state index contributed by atoms with van der Waals surface area (Å²) in [7, 11) is 15.3. The number of nitrogens with zero attached hydrogens (tertiary/aromatic N) is 11. The monoisotopic (exact) mass is 1390 g/mol. The number of aromatic carboxylic acids is 1. The number of hydrogen-bond acceptors (Lipinski definition) is 15. The minimum absolute atomic E-state index is 0.00629. The predicted octanol–water partition coefficient (Wildman–Crippen LogP) is 5.46. The van der Waals surface area contributed by atoms with Crippen molar-refractivity contribution in [1.82, 2.24) is 67.4 Å². The molecule has 0 aliphatic carbocycles. The predicted molar refractivity (Wildman–Crippen MR) is 376 cm³/mol. The molecule has 0 aliphatic rings. The van der Waals surface area contributed by atoms with Crippen molar-refractivity contribution in [3.05, 3.63) is 196 Å². The van der Waals surface area contributed by atoms with E-state index in [0.717, 1.165) is 13.0 Å². The maximum absolute atomic E-state index is 13.8. The van der Waals surface area contributed by atoms with E-state index in [2.05, 4.69) is 46.8 Å². The molecule has 9 rings (SSSR count). The second kappa shape index (κ2) is 32.7. The first-order valence-electron chi connectivity index (χ1n) is 32.9. The summed E-state index contributed by atoms with van der Waals surface area (Å²) in [4.78, 5) is 168. The Kier molecular flexibility index (Phi) is 23.8. The number of rotatable bonds is 35. The van der Waals surface area contributed by atoms with Crippen LogP contribution in [0.1, 0.15) is 166 Å². The van der Waals surface area contributed by atoms with Crippen LogP contribution in [-0.4, -0.2) is 166 Å².